The Morgan fingerprint density at radius 3 is 2.52 bits per heavy atom. The Bertz CT molecular complexity index is 1000. The summed E-state index contributed by atoms with van der Waals surface area (Å²) in [4.78, 5) is 15.2. The van der Waals surface area contributed by atoms with E-state index in [0.29, 0.717) is 5.56 Å². The van der Waals surface area contributed by atoms with Crippen LogP contribution in [0.5, 0.6) is 0 Å². The van der Waals surface area contributed by atoms with Crippen LogP contribution in [0.25, 0.3) is 11.1 Å². The highest BCUT2D eigenvalue weighted by atomic mass is 16.5. The number of hydrogen-bond acceptors (Lipinski definition) is 3. The fraction of sp³-hybridized carbons (Fsp3) is 0.296. The summed E-state index contributed by atoms with van der Waals surface area (Å²) in [5.41, 5.74) is 6.29. The van der Waals surface area contributed by atoms with E-state index < -0.39 is 0 Å². The van der Waals surface area contributed by atoms with E-state index in [2.05, 4.69) is 41.4 Å². The molecule has 1 aliphatic rings. The molecule has 4 heteroatoms. The van der Waals surface area contributed by atoms with Gasteiger partial charge in [-0.2, -0.15) is 0 Å². The van der Waals surface area contributed by atoms with Gasteiger partial charge in [0, 0.05) is 36.6 Å². The molecular weight excluding hydrogens is 384 g/mol. The van der Waals surface area contributed by atoms with Gasteiger partial charge in [-0.1, -0.05) is 55.5 Å². The van der Waals surface area contributed by atoms with Crippen molar-refractivity contribution in [1.29, 1.82) is 0 Å². The Morgan fingerprint density at radius 1 is 0.968 bits per heavy atom. The maximum Gasteiger partial charge on any atom is 0.255 e. The molecule has 3 aromatic carbocycles. The third-order valence-corrected chi connectivity index (χ3v) is 5.67. The first-order valence-corrected chi connectivity index (χ1v) is 11.2. The predicted molar refractivity (Wildman–Crippen MR) is 128 cm³/mol. The number of benzene rings is 3. The number of fused-ring (bicyclic) bond motifs is 1. The Balaban J connectivity index is 1.44. The van der Waals surface area contributed by atoms with E-state index in [1.165, 1.54) is 11.3 Å². The molecule has 0 unspecified atom stereocenters. The second-order valence-electron chi connectivity index (χ2n) is 7.94. The number of rotatable bonds is 8. The second kappa shape index (κ2) is 10.3. The summed E-state index contributed by atoms with van der Waals surface area (Å²) in [7, 11) is 0. The van der Waals surface area contributed by atoms with Crippen LogP contribution in [-0.4, -0.2) is 32.2 Å². The second-order valence-corrected chi connectivity index (χ2v) is 7.94. The molecule has 0 aromatic heterocycles. The number of carbonyl (C=O) groups excluding carboxylic acids is 1. The SMILES string of the molecule is CCCOCCN1CCCc2ccc(NC(=O)c3ccc(-c4ccccc4)cc3)cc21. The van der Waals surface area contributed by atoms with E-state index in [-0.39, 0.29) is 5.91 Å². The lowest BCUT2D eigenvalue weighted by Crippen LogP contribution is -2.32. The van der Waals surface area contributed by atoms with Crippen molar-refractivity contribution in [2.45, 2.75) is 26.2 Å². The van der Waals surface area contributed by atoms with Crippen LogP contribution in [0.3, 0.4) is 0 Å². The van der Waals surface area contributed by atoms with Crippen LogP contribution in [-0.2, 0) is 11.2 Å². The highest BCUT2D eigenvalue weighted by Crippen LogP contribution is 2.30. The maximum absolute atomic E-state index is 12.8. The van der Waals surface area contributed by atoms with E-state index in [4.69, 9.17) is 4.74 Å². The van der Waals surface area contributed by atoms with E-state index in [1.807, 2.05) is 48.5 Å². The van der Waals surface area contributed by atoms with Crippen molar-refractivity contribution in [3.05, 3.63) is 83.9 Å². The first-order chi connectivity index (χ1) is 15.2. The largest absolute Gasteiger partial charge is 0.380 e. The number of nitrogens with zero attached hydrogens (tertiary/aromatic N) is 1. The normalized spacial score (nSPS) is 13.0. The minimum Gasteiger partial charge on any atom is -0.380 e. The molecule has 0 bridgehead atoms. The molecular formula is C27H30N2O2. The van der Waals surface area contributed by atoms with Crippen LogP contribution in [0.15, 0.2) is 72.8 Å². The topological polar surface area (TPSA) is 41.6 Å². The smallest absolute Gasteiger partial charge is 0.255 e. The van der Waals surface area contributed by atoms with Crippen LogP contribution in [0, 0.1) is 0 Å². The average molecular weight is 415 g/mol. The van der Waals surface area contributed by atoms with Gasteiger partial charge in [0.15, 0.2) is 0 Å². The highest BCUT2D eigenvalue weighted by molar-refractivity contribution is 6.04. The van der Waals surface area contributed by atoms with Gasteiger partial charge in [-0.05, 0) is 60.2 Å². The Hall–Kier alpha value is -3.11. The molecule has 4 nitrogen and oxygen atoms in total. The summed E-state index contributed by atoms with van der Waals surface area (Å²) >= 11 is 0. The fourth-order valence-corrected chi connectivity index (χ4v) is 4.03. The molecule has 160 valence electrons. The van der Waals surface area contributed by atoms with E-state index in [1.54, 1.807) is 0 Å². The third-order valence-electron chi connectivity index (χ3n) is 5.67. The summed E-state index contributed by atoms with van der Waals surface area (Å²) < 4.78 is 5.68. The van der Waals surface area contributed by atoms with Crippen LogP contribution >= 0.6 is 0 Å². The van der Waals surface area contributed by atoms with Crippen LogP contribution in [0.2, 0.25) is 0 Å². The van der Waals surface area contributed by atoms with Gasteiger partial charge in [0.2, 0.25) is 0 Å². The Labute approximate surface area is 184 Å². The van der Waals surface area contributed by atoms with Crippen molar-refractivity contribution in [3.8, 4) is 11.1 Å². The quantitative estimate of drug-likeness (QED) is 0.475. The molecule has 1 amide bonds. The molecule has 0 aliphatic carbocycles. The molecule has 0 fully saturated rings. The van der Waals surface area contributed by atoms with Crippen molar-refractivity contribution in [1.82, 2.24) is 0 Å². The zero-order valence-corrected chi connectivity index (χ0v) is 18.1. The summed E-state index contributed by atoms with van der Waals surface area (Å²) in [6.45, 7) is 5.57. The molecule has 3 aromatic rings. The van der Waals surface area contributed by atoms with E-state index in [0.717, 1.165) is 62.4 Å². The molecule has 0 radical (unpaired) electrons. The van der Waals surface area contributed by atoms with Gasteiger partial charge in [0.1, 0.15) is 0 Å². The zero-order chi connectivity index (χ0) is 21.5. The fourth-order valence-electron chi connectivity index (χ4n) is 4.03. The minimum absolute atomic E-state index is 0.0896. The number of hydrogen-bond donors (Lipinski definition) is 1. The lowest BCUT2D eigenvalue weighted by atomic mass is 10.0. The third kappa shape index (κ3) is 5.33. The Morgan fingerprint density at radius 2 is 1.74 bits per heavy atom. The highest BCUT2D eigenvalue weighted by Gasteiger charge is 2.18. The van der Waals surface area contributed by atoms with Gasteiger partial charge in [-0.25, -0.2) is 0 Å². The van der Waals surface area contributed by atoms with Crippen molar-refractivity contribution in [2.24, 2.45) is 0 Å². The Kier molecular flexibility index (Phi) is 7.00. The monoisotopic (exact) mass is 414 g/mol. The number of aryl methyl sites for hydroxylation is 1. The standard InChI is InChI=1S/C27H30N2O2/c1-2-18-31-19-17-29-16-6-9-23-14-15-25(20-26(23)29)28-27(30)24-12-10-22(11-13-24)21-7-4-3-5-8-21/h3-5,7-8,10-15,20H,2,6,9,16-19H2,1H3,(H,28,30). The lowest BCUT2D eigenvalue weighted by Gasteiger charge is -2.31. The van der Waals surface area contributed by atoms with Gasteiger partial charge in [-0.3, -0.25) is 4.79 Å². The number of ether oxygens (including phenoxy) is 1. The molecule has 0 atom stereocenters. The van der Waals surface area contributed by atoms with Crippen LogP contribution in [0.1, 0.15) is 35.7 Å². The molecule has 31 heavy (non-hydrogen) atoms. The first kappa shape index (κ1) is 21.1. The molecule has 1 heterocycles. The number of amides is 1. The summed E-state index contributed by atoms with van der Waals surface area (Å²) in [5.74, 6) is -0.0896. The van der Waals surface area contributed by atoms with Crippen molar-refractivity contribution < 1.29 is 9.53 Å². The lowest BCUT2D eigenvalue weighted by molar-refractivity contribution is 0.102. The number of nitrogens with one attached hydrogen (secondary N) is 1. The van der Waals surface area contributed by atoms with Crippen LogP contribution < -0.4 is 10.2 Å². The van der Waals surface area contributed by atoms with Gasteiger partial charge >= 0.3 is 0 Å². The predicted octanol–water partition coefficient (Wildman–Crippen LogP) is 5.79. The number of carbonyl (C=O) groups is 1. The van der Waals surface area contributed by atoms with E-state index >= 15 is 0 Å². The number of anilines is 2. The van der Waals surface area contributed by atoms with Crippen molar-refractivity contribution >= 4 is 17.3 Å². The molecule has 1 N–H and O–H groups in total. The maximum atomic E-state index is 12.8. The van der Waals surface area contributed by atoms with Crippen LogP contribution in [0.4, 0.5) is 11.4 Å². The average Bonchev–Trinajstić information content (AvgIpc) is 2.82. The molecule has 0 saturated heterocycles. The van der Waals surface area contributed by atoms with Gasteiger partial charge in [0.05, 0.1) is 6.61 Å². The molecule has 4 rings (SSSR count). The van der Waals surface area contributed by atoms with Crippen molar-refractivity contribution in [3.63, 3.8) is 0 Å². The van der Waals surface area contributed by atoms with Gasteiger partial charge in [-0.15, -0.1) is 0 Å². The molecule has 1 aliphatic heterocycles. The zero-order valence-electron chi connectivity index (χ0n) is 18.1. The molecule has 0 saturated carbocycles. The van der Waals surface area contributed by atoms with Gasteiger partial charge < -0.3 is 15.0 Å². The minimum atomic E-state index is -0.0896. The summed E-state index contributed by atoms with van der Waals surface area (Å²) in [5, 5.41) is 3.07. The van der Waals surface area contributed by atoms with Crippen molar-refractivity contribution in [2.75, 3.05) is 36.5 Å². The summed E-state index contributed by atoms with van der Waals surface area (Å²) in [6.07, 6.45) is 3.27. The molecule has 0 spiro atoms. The van der Waals surface area contributed by atoms with Gasteiger partial charge in [0.25, 0.3) is 5.91 Å². The van der Waals surface area contributed by atoms with E-state index in [9.17, 15) is 4.79 Å². The summed E-state index contributed by atoms with van der Waals surface area (Å²) in [6, 6.07) is 24.2. The first-order valence-electron chi connectivity index (χ1n) is 11.2.